The number of rotatable bonds is 4. The SMILES string of the molecule is COc1ccc(N2CCOCC2)c2sc(-c3cc(C(N)=O)ccn3)nc12. The molecule has 134 valence electrons. The number of pyridine rings is 1. The maximum absolute atomic E-state index is 11.5. The number of nitrogens with zero attached hydrogens (tertiary/aromatic N) is 3. The molecule has 2 aromatic heterocycles. The van der Waals surface area contributed by atoms with Crippen molar-refractivity contribution in [3.05, 3.63) is 36.0 Å². The van der Waals surface area contributed by atoms with Crippen LogP contribution < -0.4 is 15.4 Å². The Balaban J connectivity index is 1.85. The Morgan fingerprint density at radius 1 is 1.31 bits per heavy atom. The van der Waals surface area contributed by atoms with Crippen LogP contribution in [0.1, 0.15) is 10.4 Å². The van der Waals surface area contributed by atoms with Gasteiger partial charge in [-0.15, -0.1) is 11.3 Å². The Morgan fingerprint density at radius 2 is 2.12 bits per heavy atom. The summed E-state index contributed by atoms with van der Waals surface area (Å²) >= 11 is 1.53. The predicted molar refractivity (Wildman–Crippen MR) is 101 cm³/mol. The second-order valence-electron chi connectivity index (χ2n) is 5.88. The number of aromatic nitrogens is 2. The lowest BCUT2D eigenvalue weighted by Gasteiger charge is -2.29. The number of hydrogen-bond donors (Lipinski definition) is 1. The standard InChI is InChI=1S/C18H18N4O3S/c1-24-14-3-2-13(22-6-8-25-9-7-22)16-15(14)21-18(26-16)12-10-11(17(19)23)4-5-20-12/h2-5,10H,6-9H2,1H3,(H2,19,23). The Kier molecular flexibility index (Phi) is 4.44. The van der Waals surface area contributed by atoms with E-state index in [9.17, 15) is 4.79 Å². The third-order valence-corrected chi connectivity index (χ3v) is 5.42. The molecule has 0 bridgehead atoms. The molecule has 1 aliphatic heterocycles. The van der Waals surface area contributed by atoms with Crippen molar-refractivity contribution in [2.24, 2.45) is 5.73 Å². The van der Waals surface area contributed by atoms with Crippen molar-refractivity contribution in [2.45, 2.75) is 0 Å². The Hall–Kier alpha value is -2.71. The summed E-state index contributed by atoms with van der Waals surface area (Å²) in [5, 5.41) is 0.724. The molecule has 1 saturated heterocycles. The van der Waals surface area contributed by atoms with Gasteiger partial charge in [0.1, 0.15) is 16.3 Å². The first kappa shape index (κ1) is 16.7. The smallest absolute Gasteiger partial charge is 0.248 e. The van der Waals surface area contributed by atoms with E-state index in [-0.39, 0.29) is 0 Å². The van der Waals surface area contributed by atoms with Crippen molar-refractivity contribution in [3.63, 3.8) is 0 Å². The quantitative estimate of drug-likeness (QED) is 0.758. The highest BCUT2D eigenvalue weighted by Crippen LogP contribution is 2.40. The van der Waals surface area contributed by atoms with E-state index in [1.54, 1.807) is 25.4 Å². The fraction of sp³-hybridized carbons (Fsp3) is 0.278. The number of amides is 1. The summed E-state index contributed by atoms with van der Waals surface area (Å²) in [4.78, 5) is 22.8. The molecule has 0 radical (unpaired) electrons. The van der Waals surface area contributed by atoms with E-state index in [4.69, 9.17) is 20.2 Å². The van der Waals surface area contributed by atoms with Gasteiger partial charge in [-0.1, -0.05) is 0 Å². The fourth-order valence-corrected chi connectivity index (χ4v) is 4.09. The molecule has 26 heavy (non-hydrogen) atoms. The molecule has 2 N–H and O–H groups in total. The predicted octanol–water partition coefficient (Wildman–Crippen LogP) is 2.30. The van der Waals surface area contributed by atoms with Gasteiger partial charge in [-0.05, 0) is 24.3 Å². The minimum absolute atomic E-state index is 0.412. The van der Waals surface area contributed by atoms with Crippen LogP contribution in [0.5, 0.6) is 5.75 Å². The first-order valence-corrected chi connectivity index (χ1v) is 9.05. The first-order valence-electron chi connectivity index (χ1n) is 8.24. The number of ether oxygens (including phenoxy) is 2. The van der Waals surface area contributed by atoms with Gasteiger partial charge in [0, 0.05) is 24.8 Å². The number of morpholine rings is 1. The van der Waals surface area contributed by atoms with Crippen molar-refractivity contribution >= 4 is 33.1 Å². The normalized spacial score (nSPS) is 14.6. The summed E-state index contributed by atoms with van der Waals surface area (Å²) < 4.78 is 12.0. The molecular formula is C18H18N4O3S. The maximum Gasteiger partial charge on any atom is 0.248 e. The van der Waals surface area contributed by atoms with E-state index < -0.39 is 5.91 Å². The summed E-state index contributed by atoms with van der Waals surface area (Å²) in [5.41, 5.74) is 8.32. The van der Waals surface area contributed by atoms with Crippen LogP contribution in [-0.2, 0) is 4.74 Å². The van der Waals surface area contributed by atoms with Gasteiger partial charge in [-0.25, -0.2) is 4.98 Å². The average molecular weight is 370 g/mol. The van der Waals surface area contributed by atoms with E-state index in [1.807, 2.05) is 6.07 Å². The summed E-state index contributed by atoms with van der Waals surface area (Å²) in [6.45, 7) is 3.09. The third-order valence-electron chi connectivity index (χ3n) is 4.32. The van der Waals surface area contributed by atoms with E-state index >= 15 is 0 Å². The van der Waals surface area contributed by atoms with Gasteiger partial charge in [0.05, 0.1) is 36.4 Å². The van der Waals surface area contributed by atoms with Crippen LogP contribution in [0.2, 0.25) is 0 Å². The largest absolute Gasteiger partial charge is 0.494 e. The number of primary amides is 1. The number of hydrogen-bond acceptors (Lipinski definition) is 7. The minimum atomic E-state index is -0.485. The summed E-state index contributed by atoms with van der Waals surface area (Å²) in [6, 6.07) is 7.26. The summed E-state index contributed by atoms with van der Waals surface area (Å²) in [7, 11) is 1.63. The molecule has 1 amide bonds. The zero-order chi connectivity index (χ0) is 18.1. The van der Waals surface area contributed by atoms with Crippen LogP contribution in [0.4, 0.5) is 5.69 Å². The molecule has 3 aromatic rings. The monoisotopic (exact) mass is 370 g/mol. The average Bonchev–Trinajstić information content (AvgIpc) is 3.13. The lowest BCUT2D eigenvalue weighted by Crippen LogP contribution is -2.36. The van der Waals surface area contributed by atoms with E-state index in [2.05, 4.69) is 16.0 Å². The topological polar surface area (TPSA) is 90.6 Å². The van der Waals surface area contributed by atoms with Gasteiger partial charge in [0.25, 0.3) is 0 Å². The van der Waals surface area contributed by atoms with Crippen molar-refractivity contribution in [1.29, 1.82) is 0 Å². The zero-order valence-electron chi connectivity index (χ0n) is 14.3. The lowest BCUT2D eigenvalue weighted by atomic mass is 10.2. The van der Waals surface area contributed by atoms with Gasteiger partial charge >= 0.3 is 0 Å². The Labute approximate surface area is 154 Å². The number of benzene rings is 1. The Morgan fingerprint density at radius 3 is 2.85 bits per heavy atom. The highest BCUT2D eigenvalue weighted by atomic mass is 32.1. The summed E-state index contributed by atoms with van der Waals surface area (Å²) in [6.07, 6.45) is 1.57. The number of methoxy groups -OCH3 is 1. The number of carbonyl (C=O) groups excluding carboxylic acids is 1. The van der Waals surface area contributed by atoms with Gasteiger partial charge in [-0.2, -0.15) is 0 Å². The highest BCUT2D eigenvalue weighted by Gasteiger charge is 2.20. The first-order chi connectivity index (χ1) is 12.7. The molecule has 4 rings (SSSR count). The zero-order valence-corrected chi connectivity index (χ0v) is 15.1. The summed E-state index contributed by atoms with van der Waals surface area (Å²) in [5.74, 6) is 0.229. The third kappa shape index (κ3) is 2.97. The van der Waals surface area contributed by atoms with Crippen molar-refractivity contribution < 1.29 is 14.3 Å². The molecule has 3 heterocycles. The molecule has 1 aliphatic rings. The van der Waals surface area contributed by atoms with E-state index in [0.717, 1.165) is 34.0 Å². The lowest BCUT2D eigenvalue weighted by molar-refractivity contribution is 0.1000. The molecular weight excluding hydrogens is 352 g/mol. The van der Waals surface area contributed by atoms with Crippen LogP contribution in [0, 0.1) is 0 Å². The number of anilines is 1. The van der Waals surface area contributed by atoms with Crippen LogP contribution in [0.25, 0.3) is 20.9 Å². The second-order valence-corrected chi connectivity index (χ2v) is 6.88. The van der Waals surface area contributed by atoms with Crippen molar-refractivity contribution in [3.8, 4) is 16.5 Å². The number of thiazole rings is 1. The molecule has 0 aliphatic carbocycles. The van der Waals surface area contributed by atoms with Crippen LogP contribution in [-0.4, -0.2) is 49.3 Å². The molecule has 7 nitrogen and oxygen atoms in total. The molecule has 1 aromatic carbocycles. The van der Waals surface area contributed by atoms with Gasteiger partial charge in [-0.3, -0.25) is 9.78 Å². The molecule has 0 spiro atoms. The van der Waals surface area contributed by atoms with Gasteiger partial charge in [0.15, 0.2) is 0 Å². The minimum Gasteiger partial charge on any atom is -0.494 e. The molecule has 1 fully saturated rings. The van der Waals surface area contributed by atoms with Crippen molar-refractivity contribution in [1.82, 2.24) is 9.97 Å². The van der Waals surface area contributed by atoms with E-state index in [1.165, 1.54) is 11.3 Å². The van der Waals surface area contributed by atoms with Crippen LogP contribution in [0.15, 0.2) is 30.5 Å². The number of fused-ring (bicyclic) bond motifs is 1. The van der Waals surface area contributed by atoms with Crippen LogP contribution >= 0.6 is 11.3 Å². The molecule has 0 unspecified atom stereocenters. The van der Waals surface area contributed by atoms with Crippen LogP contribution in [0.3, 0.4) is 0 Å². The van der Waals surface area contributed by atoms with Gasteiger partial charge in [0.2, 0.25) is 5.91 Å². The number of carbonyl (C=O) groups is 1. The van der Waals surface area contributed by atoms with Gasteiger partial charge < -0.3 is 20.1 Å². The maximum atomic E-state index is 11.5. The molecule has 0 saturated carbocycles. The fourth-order valence-electron chi connectivity index (χ4n) is 3.00. The van der Waals surface area contributed by atoms with E-state index in [0.29, 0.717) is 30.2 Å². The van der Waals surface area contributed by atoms with Crippen molar-refractivity contribution in [2.75, 3.05) is 38.3 Å². The highest BCUT2D eigenvalue weighted by molar-refractivity contribution is 7.22. The second kappa shape index (κ2) is 6.89. The Bertz CT molecular complexity index is 966. The molecule has 0 atom stereocenters. The molecule has 8 heteroatoms. The number of nitrogens with two attached hydrogens (primary N) is 1.